The number of carboxylic acid groups (broad SMARTS) is 1. The maximum absolute atomic E-state index is 13.6. The zero-order valence-electron chi connectivity index (χ0n) is 18.2. The van der Waals surface area contributed by atoms with Gasteiger partial charge < -0.3 is 15.2 Å². The number of carbonyl (C=O) groups excluding carboxylic acids is 1. The fourth-order valence-electron chi connectivity index (χ4n) is 4.18. The largest absolute Gasteiger partial charge is 0.481 e. The van der Waals surface area contributed by atoms with Gasteiger partial charge in [0, 0.05) is 17.5 Å². The minimum Gasteiger partial charge on any atom is -0.481 e. The third kappa shape index (κ3) is 6.43. The molecular weight excluding hydrogens is 494 g/mol. The minimum atomic E-state index is -4.63. The summed E-state index contributed by atoms with van der Waals surface area (Å²) in [4.78, 5) is 24.6. The van der Waals surface area contributed by atoms with Crippen LogP contribution in [0.25, 0.3) is 0 Å². The molecule has 1 aliphatic heterocycles. The van der Waals surface area contributed by atoms with Crippen LogP contribution >= 0.6 is 23.2 Å². The van der Waals surface area contributed by atoms with Crippen molar-refractivity contribution in [1.29, 1.82) is 0 Å². The van der Waals surface area contributed by atoms with Gasteiger partial charge in [0.1, 0.15) is 0 Å². The van der Waals surface area contributed by atoms with Crippen LogP contribution in [-0.4, -0.2) is 35.9 Å². The van der Waals surface area contributed by atoms with Crippen LogP contribution in [0.3, 0.4) is 0 Å². The predicted octanol–water partition coefficient (Wildman–Crippen LogP) is 6.65. The molecule has 0 bridgehead atoms. The van der Waals surface area contributed by atoms with Crippen LogP contribution in [0.4, 0.5) is 18.9 Å². The summed E-state index contributed by atoms with van der Waals surface area (Å²) in [5.41, 5.74) is 0.828. The fourth-order valence-corrected chi connectivity index (χ4v) is 4.47. The number of aliphatic carboxylic acids is 1. The van der Waals surface area contributed by atoms with Gasteiger partial charge in [-0.25, -0.2) is 0 Å². The van der Waals surface area contributed by atoms with Gasteiger partial charge in [0.15, 0.2) is 0 Å². The van der Waals surface area contributed by atoms with Crippen molar-refractivity contribution in [2.75, 3.05) is 11.9 Å². The van der Waals surface area contributed by atoms with Gasteiger partial charge >= 0.3 is 12.1 Å². The molecule has 2 N–H and O–H groups in total. The molecule has 1 fully saturated rings. The smallest absolute Gasteiger partial charge is 0.392 e. The first-order chi connectivity index (χ1) is 16.0. The number of ether oxygens (including phenoxy) is 1. The lowest BCUT2D eigenvalue weighted by molar-refractivity contribution is -0.178. The lowest BCUT2D eigenvalue weighted by atomic mass is 9.85. The standard InChI is InChI=1S/C24H24Cl2F3NO4/c1-13(24(27,28)29)22(14-4-7-16(25)8-5-14)23(33)30-19-11-15(6-9-18(19)26)17(12-21(31)32)20-3-2-10-34-20/h4-9,11,13,17,20,22H,2-3,10,12H2,1H3,(H,30,33)(H,31,32)/t13-,17+,20-,22+/m1/s1. The van der Waals surface area contributed by atoms with E-state index < -0.39 is 35.8 Å². The zero-order chi connectivity index (χ0) is 25.0. The summed E-state index contributed by atoms with van der Waals surface area (Å²) in [5.74, 6) is -5.93. The van der Waals surface area contributed by atoms with Gasteiger partial charge in [-0.15, -0.1) is 0 Å². The van der Waals surface area contributed by atoms with E-state index in [1.54, 1.807) is 6.07 Å². The Morgan fingerprint density at radius 2 is 1.79 bits per heavy atom. The molecule has 1 aliphatic rings. The molecule has 4 atom stereocenters. The van der Waals surface area contributed by atoms with E-state index in [9.17, 15) is 27.9 Å². The van der Waals surface area contributed by atoms with Crippen molar-refractivity contribution < 1.29 is 32.6 Å². The number of benzene rings is 2. The van der Waals surface area contributed by atoms with Crippen LogP contribution in [0.2, 0.25) is 10.0 Å². The van der Waals surface area contributed by atoms with Crippen molar-refractivity contribution in [3.63, 3.8) is 0 Å². The molecule has 0 aliphatic carbocycles. The normalized spacial score (nSPS) is 18.8. The molecule has 1 saturated heterocycles. The molecular formula is C24H24Cl2F3NO4. The average Bonchev–Trinajstić information content (AvgIpc) is 3.29. The lowest BCUT2D eigenvalue weighted by Gasteiger charge is -2.26. The van der Waals surface area contributed by atoms with Gasteiger partial charge in [-0.2, -0.15) is 13.2 Å². The SMILES string of the molecule is C[C@H]([C@H](C(=O)Nc1cc([C@H](CC(=O)O)[C@H]2CCCO2)ccc1Cl)c1ccc(Cl)cc1)C(F)(F)F. The first kappa shape index (κ1) is 26.3. The molecule has 0 spiro atoms. The highest BCUT2D eigenvalue weighted by molar-refractivity contribution is 6.33. The van der Waals surface area contributed by atoms with E-state index in [2.05, 4.69) is 5.32 Å². The molecule has 0 radical (unpaired) electrons. The number of hydrogen-bond donors (Lipinski definition) is 2. The van der Waals surface area contributed by atoms with Crippen LogP contribution in [0.15, 0.2) is 42.5 Å². The van der Waals surface area contributed by atoms with Crippen molar-refractivity contribution in [1.82, 2.24) is 0 Å². The molecule has 5 nitrogen and oxygen atoms in total. The first-order valence-corrected chi connectivity index (χ1v) is 11.5. The maximum Gasteiger partial charge on any atom is 0.392 e. The van der Waals surface area contributed by atoms with Crippen molar-refractivity contribution in [2.24, 2.45) is 5.92 Å². The quantitative estimate of drug-likeness (QED) is 0.410. The predicted molar refractivity (Wildman–Crippen MR) is 123 cm³/mol. The highest BCUT2D eigenvalue weighted by Crippen LogP contribution is 2.40. The van der Waals surface area contributed by atoms with Gasteiger partial charge in [-0.1, -0.05) is 48.3 Å². The Hall–Kier alpha value is -2.29. The summed E-state index contributed by atoms with van der Waals surface area (Å²) >= 11 is 12.1. The second-order valence-electron chi connectivity index (χ2n) is 8.34. The lowest BCUT2D eigenvalue weighted by Crippen LogP contribution is -2.34. The second kappa shape index (κ2) is 11.0. The van der Waals surface area contributed by atoms with Crippen LogP contribution < -0.4 is 5.32 Å². The van der Waals surface area contributed by atoms with E-state index in [1.165, 1.54) is 36.4 Å². The highest BCUT2D eigenvalue weighted by atomic mass is 35.5. The molecule has 10 heteroatoms. The Kier molecular flexibility index (Phi) is 8.49. The molecule has 1 amide bonds. The molecule has 184 valence electrons. The van der Waals surface area contributed by atoms with E-state index in [0.717, 1.165) is 13.3 Å². The Morgan fingerprint density at radius 1 is 1.15 bits per heavy atom. The number of halogens is 5. The maximum atomic E-state index is 13.6. The number of nitrogens with one attached hydrogen (secondary N) is 1. The van der Waals surface area contributed by atoms with Crippen LogP contribution in [0, 0.1) is 5.92 Å². The van der Waals surface area contributed by atoms with E-state index >= 15 is 0 Å². The molecule has 0 saturated carbocycles. The molecule has 0 aromatic heterocycles. The summed E-state index contributed by atoms with van der Waals surface area (Å²) in [5, 5.41) is 12.3. The van der Waals surface area contributed by atoms with Gasteiger partial charge in [-0.3, -0.25) is 9.59 Å². The Balaban J connectivity index is 1.93. The van der Waals surface area contributed by atoms with E-state index in [1.807, 2.05) is 0 Å². The molecule has 2 aromatic carbocycles. The molecule has 0 unspecified atom stereocenters. The van der Waals surface area contributed by atoms with Crippen LogP contribution in [0.5, 0.6) is 0 Å². The number of alkyl halides is 3. The van der Waals surface area contributed by atoms with Crippen molar-refractivity contribution in [3.05, 3.63) is 63.6 Å². The Morgan fingerprint density at radius 3 is 2.35 bits per heavy atom. The molecule has 3 rings (SSSR count). The number of anilines is 1. The van der Waals surface area contributed by atoms with Crippen molar-refractivity contribution in [3.8, 4) is 0 Å². The number of hydrogen-bond acceptors (Lipinski definition) is 3. The third-order valence-corrected chi connectivity index (χ3v) is 6.59. The molecule has 2 aromatic rings. The summed E-state index contributed by atoms with van der Waals surface area (Å²) in [6.07, 6.45) is -3.65. The van der Waals surface area contributed by atoms with Crippen LogP contribution in [0.1, 0.15) is 49.1 Å². The van der Waals surface area contributed by atoms with E-state index in [-0.39, 0.29) is 28.8 Å². The van der Waals surface area contributed by atoms with Gasteiger partial charge in [-0.05, 0) is 48.2 Å². The van der Waals surface area contributed by atoms with Crippen molar-refractivity contribution >= 4 is 40.8 Å². The van der Waals surface area contributed by atoms with Crippen LogP contribution in [-0.2, 0) is 14.3 Å². The summed E-state index contributed by atoms with van der Waals surface area (Å²) < 4.78 is 46.5. The number of carbonyl (C=O) groups is 2. The number of carboxylic acids is 1. The van der Waals surface area contributed by atoms with E-state index in [0.29, 0.717) is 23.6 Å². The summed E-state index contributed by atoms with van der Waals surface area (Å²) in [6, 6.07) is 10.2. The Labute approximate surface area is 205 Å². The molecule has 1 heterocycles. The van der Waals surface area contributed by atoms with Gasteiger partial charge in [0.25, 0.3) is 0 Å². The Bertz CT molecular complexity index is 1020. The average molecular weight is 518 g/mol. The van der Waals surface area contributed by atoms with Crippen molar-refractivity contribution in [2.45, 2.75) is 50.3 Å². The first-order valence-electron chi connectivity index (χ1n) is 10.7. The number of amides is 1. The number of rotatable bonds is 8. The van der Waals surface area contributed by atoms with E-state index in [4.69, 9.17) is 27.9 Å². The highest BCUT2D eigenvalue weighted by Gasteiger charge is 2.45. The third-order valence-electron chi connectivity index (χ3n) is 6.01. The van der Waals surface area contributed by atoms with Gasteiger partial charge in [0.05, 0.1) is 35.1 Å². The minimum absolute atomic E-state index is 0.103. The monoisotopic (exact) mass is 517 g/mol. The van der Waals surface area contributed by atoms with Gasteiger partial charge in [0.2, 0.25) is 5.91 Å². The summed E-state index contributed by atoms with van der Waals surface area (Å²) in [6.45, 7) is 1.47. The zero-order valence-corrected chi connectivity index (χ0v) is 19.8. The summed E-state index contributed by atoms with van der Waals surface area (Å²) in [7, 11) is 0. The second-order valence-corrected chi connectivity index (χ2v) is 9.19. The fraction of sp³-hybridized carbons (Fsp3) is 0.417. The molecule has 34 heavy (non-hydrogen) atoms. The topological polar surface area (TPSA) is 75.6 Å².